The average molecular weight is 325 g/mol. The van der Waals surface area contributed by atoms with Crippen molar-refractivity contribution in [3.63, 3.8) is 0 Å². The van der Waals surface area contributed by atoms with Crippen molar-refractivity contribution in [3.05, 3.63) is 48.0 Å². The van der Waals surface area contributed by atoms with E-state index in [4.69, 9.17) is 0 Å². The molecule has 0 aromatic heterocycles. The molecular weight excluding hydrogens is 298 g/mol. The van der Waals surface area contributed by atoms with Gasteiger partial charge in [0.1, 0.15) is 5.78 Å². The molecule has 0 saturated heterocycles. The summed E-state index contributed by atoms with van der Waals surface area (Å²) in [4.78, 5) is 22.6. The monoisotopic (exact) mass is 325 g/mol. The highest BCUT2D eigenvalue weighted by molar-refractivity contribution is 5.83. The van der Waals surface area contributed by atoms with Gasteiger partial charge in [0, 0.05) is 19.4 Å². The maximum absolute atomic E-state index is 11.8. The number of fused-ring (bicyclic) bond motifs is 1. The van der Waals surface area contributed by atoms with Gasteiger partial charge in [-0.2, -0.15) is 0 Å². The Morgan fingerprint density at radius 1 is 0.875 bits per heavy atom. The zero-order valence-electron chi connectivity index (χ0n) is 14.5. The number of carbonyl (C=O) groups excluding carboxylic acids is 2. The van der Waals surface area contributed by atoms with E-state index in [0.29, 0.717) is 19.4 Å². The van der Waals surface area contributed by atoms with Crippen LogP contribution in [-0.4, -0.2) is 18.2 Å². The van der Waals surface area contributed by atoms with Gasteiger partial charge in [-0.05, 0) is 42.5 Å². The summed E-state index contributed by atoms with van der Waals surface area (Å²) < 4.78 is 0. The molecule has 0 unspecified atom stereocenters. The number of unbranched alkanes of at least 4 members (excludes halogenated alkanes) is 3. The molecule has 0 saturated carbocycles. The summed E-state index contributed by atoms with van der Waals surface area (Å²) in [6.45, 7) is 2.31. The molecule has 0 aliphatic carbocycles. The Bertz CT molecular complexity index is 678. The lowest BCUT2D eigenvalue weighted by atomic mass is 10.1. The third-order valence-corrected chi connectivity index (χ3v) is 4.23. The van der Waals surface area contributed by atoms with Crippen molar-refractivity contribution in [2.24, 2.45) is 0 Å². The van der Waals surface area contributed by atoms with Gasteiger partial charge in [0.15, 0.2) is 0 Å². The van der Waals surface area contributed by atoms with Crippen LogP contribution in [-0.2, 0) is 16.0 Å². The molecule has 24 heavy (non-hydrogen) atoms. The van der Waals surface area contributed by atoms with E-state index in [9.17, 15) is 9.59 Å². The first kappa shape index (κ1) is 18.2. The molecule has 0 spiro atoms. The Balaban J connectivity index is 1.60. The predicted molar refractivity (Wildman–Crippen MR) is 99.0 cm³/mol. The standard InChI is InChI=1S/C21H27NO2/c1-17(23)8-4-2-3-5-11-21(24)22-15-14-18-12-13-19-9-6-7-10-20(19)16-18/h6-7,9-10,12-13,16H,2-5,8,11,14-15H2,1H3,(H,22,24). The molecule has 3 nitrogen and oxygen atoms in total. The number of ketones is 1. The van der Waals surface area contributed by atoms with E-state index in [1.807, 2.05) is 12.1 Å². The average Bonchev–Trinajstić information content (AvgIpc) is 2.57. The van der Waals surface area contributed by atoms with Gasteiger partial charge in [0.05, 0.1) is 0 Å². The van der Waals surface area contributed by atoms with Gasteiger partial charge in [-0.25, -0.2) is 0 Å². The lowest BCUT2D eigenvalue weighted by Crippen LogP contribution is -2.25. The minimum Gasteiger partial charge on any atom is -0.356 e. The van der Waals surface area contributed by atoms with Crippen molar-refractivity contribution in [1.29, 1.82) is 0 Å². The van der Waals surface area contributed by atoms with Crippen LogP contribution in [0, 0.1) is 0 Å². The van der Waals surface area contributed by atoms with Crippen molar-refractivity contribution in [3.8, 4) is 0 Å². The number of Topliss-reactive ketones (excluding diaryl/α,β-unsaturated/α-hetero) is 1. The Morgan fingerprint density at radius 3 is 2.33 bits per heavy atom. The number of nitrogens with one attached hydrogen (secondary N) is 1. The second-order valence-electron chi connectivity index (χ2n) is 6.40. The predicted octanol–water partition coefficient (Wildman–Crippen LogP) is 4.43. The molecule has 3 heteroatoms. The van der Waals surface area contributed by atoms with Crippen LogP contribution >= 0.6 is 0 Å². The maximum Gasteiger partial charge on any atom is 0.220 e. The van der Waals surface area contributed by atoms with Gasteiger partial charge in [-0.1, -0.05) is 55.3 Å². The summed E-state index contributed by atoms with van der Waals surface area (Å²) in [5, 5.41) is 5.48. The van der Waals surface area contributed by atoms with Gasteiger partial charge in [0.25, 0.3) is 0 Å². The molecule has 0 bridgehead atoms. The Labute approximate surface area is 144 Å². The fourth-order valence-electron chi connectivity index (χ4n) is 2.84. The third-order valence-electron chi connectivity index (χ3n) is 4.23. The molecule has 0 atom stereocenters. The second-order valence-corrected chi connectivity index (χ2v) is 6.40. The first-order valence-electron chi connectivity index (χ1n) is 8.89. The lowest BCUT2D eigenvalue weighted by Gasteiger charge is -2.06. The highest BCUT2D eigenvalue weighted by Gasteiger charge is 2.02. The molecule has 0 aliphatic rings. The van der Waals surface area contributed by atoms with Gasteiger partial charge in [-0.3, -0.25) is 4.79 Å². The van der Waals surface area contributed by atoms with Crippen LogP contribution in [0.3, 0.4) is 0 Å². The molecule has 0 heterocycles. The van der Waals surface area contributed by atoms with Crippen LogP contribution in [0.15, 0.2) is 42.5 Å². The fourth-order valence-corrected chi connectivity index (χ4v) is 2.84. The van der Waals surface area contributed by atoms with Crippen LogP contribution in [0.2, 0.25) is 0 Å². The SMILES string of the molecule is CC(=O)CCCCCCC(=O)NCCc1ccc2ccccc2c1. The first-order chi connectivity index (χ1) is 11.6. The lowest BCUT2D eigenvalue weighted by molar-refractivity contribution is -0.121. The molecule has 2 aromatic carbocycles. The van der Waals surface area contributed by atoms with E-state index in [-0.39, 0.29) is 11.7 Å². The quantitative estimate of drug-likeness (QED) is 0.657. The van der Waals surface area contributed by atoms with Gasteiger partial charge >= 0.3 is 0 Å². The Kier molecular flexibility index (Phi) is 7.47. The molecule has 2 rings (SSSR count). The summed E-state index contributed by atoms with van der Waals surface area (Å²) in [6, 6.07) is 14.8. The summed E-state index contributed by atoms with van der Waals surface area (Å²) in [7, 11) is 0. The number of benzene rings is 2. The van der Waals surface area contributed by atoms with Crippen LogP contribution in [0.4, 0.5) is 0 Å². The first-order valence-corrected chi connectivity index (χ1v) is 8.89. The van der Waals surface area contributed by atoms with Crippen LogP contribution in [0.25, 0.3) is 10.8 Å². The molecule has 128 valence electrons. The number of carbonyl (C=O) groups is 2. The normalized spacial score (nSPS) is 10.7. The summed E-state index contributed by atoms with van der Waals surface area (Å²) >= 11 is 0. The topological polar surface area (TPSA) is 46.2 Å². The molecule has 1 amide bonds. The second kappa shape index (κ2) is 9.86. The van der Waals surface area contributed by atoms with E-state index in [1.165, 1.54) is 16.3 Å². The molecule has 0 fully saturated rings. The highest BCUT2D eigenvalue weighted by Crippen LogP contribution is 2.15. The minimum absolute atomic E-state index is 0.127. The molecular formula is C21H27NO2. The number of rotatable bonds is 10. The summed E-state index contributed by atoms with van der Waals surface area (Å²) in [5.41, 5.74) is 1.25. The van der Waals surface area contributed by atoms with E-state index in [0.717, 1.165) is 32.1 Å². The van der Waals surface area contributed by atoms with Crippen LogP contribution in [0.1, 0.15) is 51.0 Å². The van der Waals surface area contributed by atoms with Gasteiger partial charge in [0.2, 0.25) is 5.91 Å². The van der Waals surface area contributed by atoms with E-state index in [1.54, 1.807) is 6.92 Å². The maximum atomic E-state index is 11.8. The Hall–Kier alpha value is -2.16. The largest absolute Gasteiger partial charge is 0.356 e. The number of hydrogen-bond acceptors (Lipinski definition) is 2. The van der Waals surface area contributed by atoms with Crippen LogP contribution < -0.4 is 5.32 Å². The van der Waals surface area contributed by atoms with E-state index >= 15 is 0 Å². The summed E-state index contributed by atoms with van der Waals surface area (Å²) in [5.74, 6) is 0.379. The smallest absolute Gasteiger partial charge is 0.220 e. The highest BCUT2D eigenvalue weighted by atomic mass is 16.1. The van der Waals surface area contributed by atoms with Gasteiger partial charge < -0.3 is 10.1 Å². The number of hydrogen-bond donors (Lipinski definition) is 1. The van der Waals surface area contributed by atoms with Crippen molar-refractivity contribution in [2.45, 2.75) is 51.9 Å². The van der Waals surface area contributed by atoms with Crippen molar-refractivity contribution in [2.75, 3.05) is 6.54 Å². The molecule has 0 radical (unpaired) electrons. The van der Waals surface area contributed by atoms with Crippen molar-refractivity contribution in [1.82, 2.24) is 5.32 Å². The summed E-state index contributed by atoms with van der Waals surface area (Å²) in [6.07, 6.45) is 6.00. The zero-order chi connectivity index (χ0) is 17.2. The van der Waals surface area contributed by atoms with Crippen molar-refractivity contribution < 1.29 is 9.59 Å². The zero-order valence-corrected chi connectivity index (χ0v) is 14.5. The van der Waals surface area contributed by atoms with Gasteiger partial charge in [-0.15, -0.1) is 0 Å². The minimum atomic E-state index is 0.127. The molecule has 2 aromatic rings. The van der Waals surface area contributed by atoms with Crippen LogP contribution in [0.5, 0.6) is 0 Å². The van der Waals surface area contributed by atoms with E-state index in [2.05, 4.69) is 35.6 Å². The third kappa shape index (κ3) is 6.53. The van der Waals surface area contributed by atoms with E-state index < -0.39 is 0 Å². The number of amides is 1. The molecule has 1 N–H and O–H groups in total. The van der Waals surface area contributed by atoms with Crippen molar-refractivity contribution >= 4 is 22.5 Å². The molecule has 0 aliphatic heterocycles. The Morgan fingerprint density at radius 2 is 1.58 bits per heavy atom. The fraction of sp³-hybridized carbons (Fsp3) is 0.429.